The van der Waals surface area contributed by atoms with Gasteiger partial charge in [0.25, 0.3) is 5.91 Å². The van der Waals surface area contributed by atoms with Crippen molar-refractivity contribution < 1.29 is 9.53 Å². The molecule has 1 heterocycles. The standard InChI is InChI=1S/C11H12N4O2S/c12-10(16)6-17-9-3-1-8(2-4-9)5-13-11-15-14-7-18-11/h1-4,7H,5-6H2,(H2,12,16)(H,13,15). The lowest BCUT2D eigenvalue weighted by atomic mass is 10.2. The minimum Gasteiger partial charge on any atom is -0.484 e. The number of primary amides is 1. The second kappa shape index (κ2) is 5.97. The number of carbonyl (C=O) groups is 1. The van der Waals surface area contributed by atoms with Gasteiger partial charge in [0, 0.05) is 6.54 Å². The van der Waals surface area contributed by atoms with Crippen LogP contribution >= 0.6 is 11.3 Å². The summed E-state index contributed by atoms with van der Waals surface area (Å²) in [5.74, 6) is 0.130. The van der Waals surface area contributed by atoms with Gasteiger partial charge in [0.05, 0.1) is 0 Å². The Morgan fingerprint density at radius 1 is 1.39 bits per heavy atom. The van der Waals surface area contributed by atoms with Gasteiger partial charge in [-0.2, -0.15) is 0 Å². The van der Waals surface area contributed by atoms with Crippen molar-refractivity contribution in [3.63, 3.8) is 0 Å². The van der Waals surface area contributed by atoms with Crippen molar-refractivity contribution in [2.75, 3.05) is 11.9 Å². The van der Waals surface area contributed by atoms with E-state index in [1.165, 1.54) is 11.3 Å². The Morgan fingerprint density at radius 2 is 2.17 bits per heavy atom. The summed E-state index contributed by atoms with van der Waals surface area (Å²) in [6.45, 7) is 0.549. The molecule has 2 aromatic rings. The molecule has 1 amide bonds. The van der Waals surface area contributed by atoms with E-state index in [1.54, 1.807) is 17.6 Å². The van der Waals surface area contributed by atoms with Crippen molar-refractivity contribution in [1.82, 2.24) is 10.2 Å². The topological polar surface area (TPSA) is 90.1 Å². The summed E-state index contributed by atoms with van der Waals surface area (Å²) in [4.78, 5) is 10.5. The third-order valence-corrected chi connectivity index (χ3v) is 2.76. The summed E-state index contributed by atoms with van der Waals surface area (Å²) in [6.07, 6.45) is 0. The normalized spacial score (nSPS) is 10.0. The highest BCUT2D eigenvalue weighted by molar-refractivity contribution is 7.13. The number of carbonyl (C=O) groups excluding carboxylic acids is 1. The minimum absolute atomic E-state index is 0.109. The quantitative estimate of drug-likeness (QED) is 0.812. The van der Waals surface area contributed by atoms with Crippen LogP contribution in [0.4, 0.5) is 5.13 Å². The van der Waals surface area contributed by atoms with Gasteiger partial charge in [0.1, 0.15) is 11.3 Å². The number of hydrogen-bond acceptors (Lipinski definition) is 6. The fourth-order valence-electron chi connectivity index (χ4n) is 1.29. The third kappa shape index (κ3) is 3.70. The van der Waals surface area contributed by atoms with Crippen LogP contribution in [0.3, 0.4) is 0 Å². The van der Waals surface area contributed by atoms with E-state index in [1.807, 2.05) is 12.1 Å². The van der Waals surface area contributed by atoms with Gasteiger partial charge in [-0.05, 0) is 17.7 Å². The molecular weight excluding hydrogens is 252 g/mol. The maximum absolute atomic E-state index is 10.5. The maximum Gasteiger partial charge on any atom is 0.255 e. The molecule has 18 heavy (non-hydrogen) atoms. The van der Waals surface area contributed by atoms with E-state index in [0.29, 0.717) is 12.3 Å². The summed E-state index contributed by atoms with van der Waals surface area (Å²) >= 11 is 1.45. The van der Waals surface area contributed by atoms with Crippen LogP contribution in [0.2, 0.25) is 0 Å². The van der Waals surface area contributed by atoms with E-state index in [0.717, 1.165) is 10.7 Å². The first kappa shape index (κ1) is 12.3. The van der Waals surface area contributed by atoms with Gasteiger partial charge in [-0.1, -0.05) is 23.5 Å². The molecule has 0 unspecified atom stereocenters. The highest BCUT2D eigenvalue weighted by atomic mass is 32.1. The molecule has 0 aliphatic rings. The number of nitrogens with two attached hydrogens (primary N) is 1. The monoisotopic (exact) mass is 264 g/mol. The molecule has 0 radical (unpaired) electrons. The number of nitrogens with zero attached hydrogens (tertiary/aromatic N) is 2. The number of amides is 1. The second-order valence-corrected chi connectivity index (χ2v) is 4.33. The number of ether oxygens (including phenoxy) is 1. The Hall–Kier alpha value is -2.15. The average molecular weight is 264 g/mol. The SMILES string of the molecule is NC(=O)COc1ccc(CNc2nncs2)cc1. The molecule has 0 fully saturated rings. The number of nitrogens with one attached hydrogen (secondary N) is 1. The zero-order chi connectivity index (χ0) is 12.8. The molecule has 94 valence electrons. The van der Waals surface area contributed by atoms with Crippen LogP contribution in [-0.4, -0.2) is 22.7 Å². The zero-order valence-electron chi connectivity index (χ0n) is 9.50. The molecule has 7 heteroatoms. The van der Waals surface area contributed by atoms with Crippen LogP contribution in [0.5, 0.6) is 5.75 Å². The van der Waals surface area contributed by atoms with E-state index in [2.05, 4.69) is 15.5 Å². The first-order chi connectivity index (χ1) is 8.74. The van der Waals surface area contributed by atoms with Crippen LogP contribution in [-0.2, 0) is 11.3 Å². The number of benzene rings is 1. The van der Waals surface area contributed by atoms with Crippen LogP contribution in [0, 0.1) is 0 Å². The molecule has 1 aromatic carbocycles. The smallest absolute Gasteiger partial charge is 0.255 e. The lowest BCUT2D eigenvalue weighted by Gasteiger charge is -2.05. The molecule has 3 N–H and O–H groups in total. The lowest BCUT2D eigenvalue weighted by molar-refractivity contribution is -0.119. The van der Waals surface area contributed by atoms with E-state index in [-0.39, 0.29) is 6.61 Å². The minimum atomic E-state index is -0.489. The Morgan fingerprint density at radius 3 is 2.78 bits per heavy atom. The zero-order valence-corrected chi connectivity index (χ0v) is 10.3. The summed E-state index contributed by atoms with van der Waals surface area (Å²) in [7, 11) is 0. The molecule has 6 nitrogen and oxygen atoms in total. The number of aromatic nitrogens is 2. The van der Waals surface area contributed by atoms with Gasteiger partial charge in [-0.25, -0.2) is 0 Å². The van der Waals surface area contributed by atoms with Crippen molar-refractivity contribution >= 4 is 22.4 Å². The highest BCUT2D eigenvalue weighted by Gasteiger charge is 1.99. The van der Waals surface area contributed by atoms with Crippen LogP contribution < -0.4 is 15.8 Å². The molecule has 1 aromatic heterocycles. The molecule has 0 atom stereocenters. The number of rotatable bonds is 6. The predicted molar refractivity (Wildman–Crippen MR) is 68.4 cm³/mol. The van der Waals surface area contributed by atoms with Gasteiger partial charge in [-0.15, -0.1) is 10.2 Å². The molecule has 0 spiro atoms. The Bertz CT molecular complexity index is 498. The van der Waals surface area contributed by atoms with E-state index in [4.69, 9.17) is 10.5 Å². The van der Waals surface area contributed by atoms with Crippen molar-refractivity contribution in [1.29, 1.82) is 0 Å². The number of anilines is 1. The van der Waals surface area contributed by atoms with Gasteiger partial charge < -0.3 is 15.8 Å². The summed E-state index contributed by atoms with van der Waals surface area (Å²) in [5.41, 5.74) is 7.74. The Balaban J connectivity index is 1.85. The molecule has 2 rings (SSSR count). The van der Waals surface area contributed by atoms with Crippen LogP contribution in [0.1, 0.15) is 5.56 Å². The van der Waals surface area contributed by atoms with Gasteiger partial charge in [0.2, 0.25) is 5.13 Å². The molecule has 0 aliphatic carbocycles. The third-order valence-electron chi connectivity index (χ3n) is 2.11. The Labute approximate surface area is 108 Å². The fourth-order valence-corrected chi connectivity index (χ4v) is 1.73. The van der Waals surface area contributed by atoms with Gasteiger partial charge >= 0.3 is 0 Å². The lowest BCUT2D eigenvalue weighted by Crippen LogP contribution is -2.19. The van der Waals surface area contributed by atoms with Crippen LogP contribution in [0.15, 0.2) is 29.8 Å². The molecule has 0 aliphatic heterocycles. The largest absolute Gasteiger partial charge is 0.484 e. The second-order valence-electron chi connectivity index (χ2n) is 3.50. The van der Waals surface area contributed by atoms with Crippen molar-refractivity contribution in [2.24, 2.45) is 5.73 Å². The highest BCUT2D eigenvalue weighted by Crippen LogP contribution is 2.14. The predicted octanol–water partition coefficient (Wildman–Crippen LogP) is 1.01. The Kier molecular flexibility index (Phi) is 4.08. The van der Waals surface area contributed by atoms with Crippen molar-refractivity contribution in [3.05, 3.63) is 35.3 Å². The van der Waals surface area contributed by atoms with E-state index < -0.39 is 5.91 Å². The van der Waals surface area contributed by atoms with Crippen molar-refractivity contribution in [2.45, 2.75) is 6.54 Å². The molecular formula is C11H12N4O2S. The maximum atomic E-state index is 10.5. The van der Waals surface area contributed by atoms with Gasteiger partial charge in [0.15, 0.2) is 6.61 Å². The summed E-state index contributed by atoms with van der Waals surface area (Å²) < 4.78 is 5.16. The van der Waals surface area contributed by atoms with Crippen LogP contribution in [0.25, 0.3) is 0 Å². The molecule has 0 bridgehead atoms. The fraction of sp³-hybridized carbons (Fsp3) is 0.182. The van der Waals surface area contributed by atoms with Crippen molar-refractivity contribution in [3.8, 4) is 5.75 Å². The van der Waals surface area contributed by atoms with E-state index >= 15 is 0 Å². The average Bonchev–Trinajstić information content (AvgIpc) is 2.88. The molecule has 0 saturated heterocycles. The first-order valence-corrected chi connectivity index (χ1v) is 6.12. The summed E-state index contributed by atoms with van der Waals surface area (Å²) in [5, 5.41) is 11.5. The first-order valence-electron chi connectivity index (χ1n) is 5.24. The molecule has 0 saturated carbocycles. The number of hydrogen-bond donors (Lipinski definition) is 2. The van der Waals surface area contributed by atoms with Gasteiger partial charge in [-0.3, -0.25) is 4.79 Å². The summed E-state index contributed by atoms with van der Waals surface area (Å²) in [6, 6.07) is 7.40. The van der Waals surface area contributed by atoms with E-state index in [9.17, 15) is 4.79 Å².